The van der Waals surface area contributed by atoms with Crippen molar-refractivity contribution in [3.8, 4) is 22.4 Å². The molecule has 1 N–H and O–H groups in total. The molecule has 0 atom stereocenters. The SMILES string of the molecule is CC(C)(C)CCn1nc(-c2cccs2)c(O)c(C#N)c1=O. The van der Waals surface area contributed by atoms with Crippen molar-refractivity contribution < 1.29 is 5.11 Å². The minimum Gasteiger partial charge on any atom is -0.504 e. The summed E-state index contributed by atoms with van der Waals surface area (Å²) in [5.41, 5.74) is -0.452. The summed E-state index contributed by atoms with van der Waals surface area (Å²) in [7, 11) is 0. The van der Waals surface area contributed by atoms with Crippen LogP contribution in [0.5, 0.6) is 5.75 Å². The van der Waals surface area contributed by atoms with Crippen LogP contribution in [0.25, 0.3) is 10.6 Å². The highest BCUT2D eigenvalue weighted by Gasteiger charge is 2.19. The monoisotopic (exact) mass is 303 g/mol. The van der Waals surface area contributed by atoms with Crippen LogP contribution < -0.4 is 5.56 Å². The Morgan fingerprint density at radius 2 is 2.19 bits per heavy atom. The van der Waals surface area contributed by atoms with E-state index in [9.17, 15) is 9.90 Å². The molecule has 0 saturated carbocycles. The van der Waals surface area contributed by atoms with E-state index in [-0.39, 0.29) is 22.4 Å². The minimum atomic E-state index is -0.542. The van der Waals surface area contributed by atoms with Crippen molar-refractivity contribution in [2.24, 2.45) is 5.41 Å². The molecule has 0 amide bonds. The Labute approximate surface area is 127 Å². The van der Waals surface area contributed by atoms with E-state index in [1.165, 1.54) is 16.0 Å². The molecule has 0 aliphatic heterocycles. The summed E-state index contributed by atoms with van der Waals surface area (Å²) in [5.74, 6) is -0.336. The number of hydrogen-bond donors (Lipinski definition) is 1. The fourth-order valence-corrected chi connectivity index (χ4v) is 2.55. The maximum atomic E-state index is 12.2. The van der Waals surface area contributed by atoms with Crippen molar-refractivity contribution in [3.05, 3.63) is 33.4 Å². The minimum absolute atomic E-state index is 0.0505. The third-order valence-electron chi connectivity index (χ3n) is 3.07. The zero-order chi connectivity index (χ0) is 15.6. The van der Waals surface area contributed by atoms with E-state index in [4.69, 9.17) is 5.26 Å². The molecule has 2 heterocycles. The largest absolute Gasteiger partial charge is 0.504 e. The molecule has 2 aromatic heterocycles. The number of hydrogen-bond acceptors (Lipinski definition) is 5. The van der Waals surface area contributed by atoms with Gasteiger partial charge in [-0.25, -0.2) is 4.68 Å². The van der Waals surface area contributed by atoms with Crippen LogP contribution in [0.3, 0.4) is 0 Å². The molecule has 5 nitrogen and oxygen atoms in total. The van der Waals surface area contributed by atoms with E-state index in [1.54, 1.807) is 12.1 Å². The molecule has 6 heteroatoms. The maximum Gasteiger partial charge on any atom is 0.288 e. The maximum absolute atomic E-state index is 12.2. The van der Waals surface area contributed by atoms with Crippen molar-refractivity contribution in [3.63, 3.8) is 0 Å². The number of aromatic hydroxyl groups is 1. The lowest BCUT2D eigenvalue weighted by atomic mass is 9.92. The summed E-state index contributed by atoms with van der Waals surface area (Å²) in [5, 5.41) is 25.3. The second kappa shape index (κ2) is 5.70. The fraction of sp³-hybridized carbons (Fsp3) is 0.400. The highest BCUT2D eigenvalue weighted by molar-refractivity contribution is 7.13. The first-order chi connectivity index (χ1) is 9.83. The Bertz CT molecular complexity index is 734. The van der Waals surface area contributed by atoms with Crippen LogP contribution in [0.1, 0.15) is 32.8 Å². The van der Waals surface area contributed by atoms with Gasteiger partial charge >= 0.3 is 0 Å². The van der Waals surface area contributed by atoms with Gasteiger partial charge < -0.3 is 5.11 Å². The first-order valence-corrected chi connectivity index (χ1v) is 7.49. The lowest BCUT2D eigenvalue weighted by Crippen LogP contribution is -2.27. The average molecular weight is 303 g/mol. The predicted molar refractivity (Wildman–Crippen MR) is 82.3 cm³/mol. The van der Waals surface area contributed by atoms with Gasteiger partial charge in [0.2, 0.25) is 0 Å². The number of rotatable bonds is 3. The van der Waals surface area contributed by atoms with Gasteiger partial charge in [-0.15, -0.1) is 11.3 Å². The van der Waals surface area contributed by atoms with Crippen molar-refractivity contribution in [2.75, 3.05) is 0 Å². The third-order valence-corrected chi connectivity index (χ3v) is 3.95. The molecule has 110 valence electrons. The summed E-state index contributed by atoms with van der Waals surface area (Å²) < 4.78 is 1.28. The molecule has 0 bridgehead atoms. The Hall–Kier alpha value is -2.13. The molecular formula is C15H17N3O2S. The van der Waals surface area contributed by atoms with E-state index in [2.05, 4.69) is 25.9 Å². The Morgan fingerprint density at radius 1 is 1.48 bits per heavy atom. The van der Waals surface area contributed by atoms with E-state index < -0.39 is 5.56 Å². The van der Waals surface area contributed by atoms with Gasteiger partial charge in [-0.2, -0.15) is 10.4 Å². The molecule has 0 saturated heterocycles. The smallest absolute Gasteiger partial charge is 0.288 e. The van der Waals surface area contributed by atoms with Crippen LogP contribution in [-0.4, -0.2) is 14.9 Å². The van der Waals surface area contributed by atoms with Crippen LogP contribution in [-0.2, 0) is 6.54 Å². The summed E-state index contributed by atoms with van der Waals surface area (Å²) in [4.78, 5) is 12.9. The van der Waals surface area contributed by atoms with E-state index in [0.29, 0.717) is 6.54 Å². The number of nitriles is 1. The molecule has 21 heavy (non-hydrogen) atoms. The number of aryl methyl sites for hydroxylation is 1. The second-order valence-corrected chi connectivity index (χ2v) is 6.95. The molecule has 0 aromatic carbocycles. The Balaban J connectivity index is 2.54. The van der Waals surface area contributed by atoms with E-state index in [0.717, 1.165) is 11.3 Å². The highest BCUT2D eigenvalue weighted by Crippen LogP contribution is 2.31. The highest BCUT2D eigenvalue weighted by atomic mass is 32.1. The van der Waals surface area contributed by atoms with Gasteiger partial charge in [0, 0.05) is 6.54 Å². The summed E-state index contributed by atoms with van der Waals surface area (Å²) in [6.45, 7) is 6.63. The van der Waals surface area contributed by atoms with Gasteiger partial charge in [0.05, 0.1) is 4.88 Å². The third kappa shape index (κ3) is 3.31. The van der Waals surface area contributed by atoms with Gasteiger partial charge in [-0.1, -0.05) is 26.8 Å². The van der Waals surface area contributed by atoms with E-state index in [1.807, 2.05) is 11.4 Å². The second-order valence-electron chi connectivity index (χ2n) is 6.00. The molecule has 0 radical (unpaired) electrons. The van der Waals surface area contributed by atoms with Crippen molar-refractivity contribution >= 4 is 11.3 Å². The first-order valence-electron chi connectivity index (χ1n) is 6.61. The van der Waals surface area contributed by atoms with Crippen molar-refractivity contribution in [2.45, 2.75) is 33.7 Å². The molecule has 0 aliphatic rings. The molecule has 0 aliphatic carbocycles. The van der Waals surface area contributed by atoms with Crippen LogP contribution in [0.4, 0.5) is 0 Å². The van der Waals surface area contributed by atoms with Crippen molar-refractivity contribution in [1.82, 2.24) is 9.78 Å². The standard InChI is InChI=1S/C15H17N3O2S/c1-15(2,3)6-7-18-14(20)10(9-16)13(19)12(17-18)11-5-4-8-21-11/h4-5,8,19H,6-7H2,1-3H3. The summed E-state index contributed by atoms with van der Waals surface area (Å²) in [6, 6.07) is 5.41. The molecule has 2 rings (SSSR count). The van der Waals surface area contributed by atoms with Gasteiger partial charge in [-0.3, -0.25) is 4.79 Å². The normalized spacial score (nSPS) is 11.3. The Morgan fingerprint density at radius 3 is 2.71 bits per heavy atom. The predicted octanol–water partition coefficient (Wildman–Crippen LogP) is 2.99. The molecule has 2 aromatic rings. The number of nitrogens with zero attached hydrogens (tertiary/aromatic N) is 3. The molecule has 0 spiro atoms. The van der Waals surface area contributed by atoms with E-state index >= 15 is 0 Å². The van der Waals surface area contributed by atoms with Gasteiger partial charge in [0.25, 0.3) is 5.56 Å². The molecular weight excluding hydrogens is 286 g/mol. The number of thiophene rings is 1. The van der Waals surface area contributed by atoms with Crippen molar-refractivity contribution in [1.29, 1.82) is 5.26 Å². The number of aromatic nitrogens is 2. The quantitative estimate of drug-likeness (QED) is 0.945. The molecule has 0 unspecified atom stereocenters. The zero-order valence-electron chi connectivity index (χ0n) is 12.3. The first kappa shape index (κ1) is 15.3. The van der Waals surface area contributed by atoms with Crippen LogP contribution in [0.2, 0.25) is 0 Å². The summed E-state index contributed by atoms with van der Waals surface area (Å²) >= 11 is 1.40. The topological polar surface area (TPSA) is 78.9 Å². The zero-order valence-corrected chi connectivity index (χ0v) is 13.1. The van der Waals surface area contributed by atoms with Crippen LogP contribution in [0.15, 0.2) is 22.3 Å². The Kier molecular flexibility index (Phi) is 4.14. The average Bonchev–Trinajstić information content (AvgIpc) is 2.91. The fourth-order valence-electron chi connectivity index (χ4n) is 1.84. The van der Waals surface area contributed by atoms with Gasteiger partial charge in [-0.05, 0) is 23.3 Å². The van der Waals surface area contributed by atoms with Gasteiger partial charge in [0.15, 0.2) is 11.3 Å². The van der Waals surface area contributed by atoms with Gasteiger partial charge in [0.1, 0.15) is 11.8 Å². The van der Waals surface area contributed by atoms with Crippen LogP contribution >= 0.6 is 11.3 Å². The summed E-state index contributed by atoms with van der Waals surface area (Å²) in [6.07, 6.45) is 0.749. The molecule has 0 fully saturated rings. The lowest BCUT2D eigenvalue weighted by Gasteiger charge is -2.18. The van der Waals surface area contributed by atoms with Crippen LogP contribution in [0, 0.1) is 16.7 Å². The lowest BCUT2D eigenvalue weighted by molar-refractivity contribution is 0.335.